The molecular weight excluding hydrogens is 304 g/mol. The second-order valence-electron chi connectivity index (χ2n) is 8.85. The Hall–Kier alpha value is -1.24. The van der Waals surface area contributed by atoms with E-state index in [1.807, 2.05) is 6.07 Å². The lowest BCUT2D eigenvalue weighted by atomic mass is 9.89. The number of furan rings is 1. The maximum Gasteiger partial charge on any atom is 0.134 e. The topological polar surface area (TPSA) is 13.1 Å². The summed E-state index contributed by atoms with van der Waals surface area (Å²) < 4.78 is 5.88. The summed E-state index contributed by atoms with van der Waals surface area (Å²) in [5, 5.41) is 1.24. The first-order valence-electron chi connectivity index (χ1n) is 10.5. The predicted molar refractivity (Wildman–Crippen MR) is 110 cm³/mol. The van der Waals surface area contributed by atoms with Gasteiger partial charge in [-0.15, -0.1) is 0 Å². The molecule has 140 valence electrons. The van der Waals surface area contributed by atoms with E-state index in [0.29, 0.717) is 5.41 Å². The molecule has 25 heavy (non-hydrogen) atoms. The molecule has 1 heterocycles. The van der Waals surface area contributed by atoms with Gasteiger partial charge < -0.3 is 4.42 Å². The van der Waals surface area contributed by atoms with Crippen molar-refractivity contribution in [2.75, 3.05) is 0 Å². The summed E-state index contributed by atoms with van der Waals surface area (Å²) in [5.41, 5.74) is 1.54. The molecule has 0 atom stereocenters. The van der Waals surface area contributed by atoms with E-state index in [1.54, 1.807) is 0 Å². The van der Waals surface area contributed by atoms with Crippen LogP contribution in [0.4, 0.5) is 0 Å². The molecule has 0 aliphatic rings. The van der Waals surface area contributed by atoms with E-state index in [4.69, 9.17) is 4.42 Å². The Kier molecular flexibility index (Phi) is 8.58. The summed E-state index contributed by atoms with van der Waals surface area (Å²) >= 11 is 0. The first-order chi connectivity index (χ1) is 12.0. The summed E-state index contributed by atoms with van der Waals surface area (Å²) in [6.45, 7) is 7.05. The highest BCUT2D eigenvalue weighted by Crippen LogP contribution is 2.23. The summed E-state index contributed by atoms with van der Waals surface area (Å²) in [4.78, 5) is 0. The van der Waals surface area contributed by atoms with Crippen molar-refractivity contribution in [3.63, 3.8) is 0 Å². The SMILES string of the molecule is CC(C)(C)CCCCCCCCCCCCc1cc2ccccc2o1. The van der Waals surface area contributed by atoms with Gasteiger partial charge in [-0.25, -0.2) is 0 Å². The van der Waals surface area contributed by atoms with E-state index in [1.165, 1.54) is 76.0 Å². The van der Waals surface area contributed by atoms with Crippen molar-refractivity contribution in [1.29, 1.82) is 0 Å². The smallest absolute Gasteiger partial charge is 0.134 e. The lowest BCUT2D eigenvalue weighted by molar-refractivity contribution is 0.356. The molecule has 0 unspecified atom stereocenters. The fourth-order valence-electron chi connectivity index (χ4n) is 3.53. The van der Waals surface area contributed by atoms with Crippen LogP contribution in [0.2, 0.25) is 0 Å². The third-order valence-corrected chi connectivity index (χ3v) is 5.08. The zero-order chi connectivity index (χ0) is 18.0. The normalized spacial score (nSPS) is 12.1. The Balaban J connectivity index is 1.40. The molecule has 2 rings (SSSR count). The van der Waals surface area contributed by atoms with Crippen LogP contribution in [-0.4, -0.2) is 0 Å². The highest BCUT2D eigenvalue weighted by atomic mass is 16.3. The number of unbranched alkanes of at least 4 members (excludes halogenated alkanes) is 9. The van der Waals surface area contributed by atoms with Crippen LogP contribution < -0.4 is 0 Å². The second kappa shape index (κ2) is 10.7. The van der Waals surface area contributed by atoms with Crippen LogP contribution in [0.5, 0.6) is 0 Å². The molecule has 0 aliphatic heterocycles. The van der Waals surface area contributed by atoms with Crippen molar-refractivity contribution in [1.82, 2.24) is 0 Å². The first-order valence-corrected chi connectivity index (χ1v) is 10.5. The van der Waals surface area contributed by atoms with E-state index in [-0.39, 0.29) is 0 Å². The van der Waals surface area contributed by atoms with Crippen molar-refractivity contribution in [3.8, 4) is 0 Å². The minimum atomic E-state index is 0.516. The van der Waals surface area contributed by atoms with Gasteiger partial charge in [0.15, 0.2) is 0 Å². The molecule has 1 heteroatoms. The fraction of sp³-hybridized carbons (Fsp3) is 0.667. The molecule has 0 amide bonds. The number of benzene rings is 1. The molecule has 0 saturated heterocycles. The Labute approximate surface area is 155 Å². The lowest BCUT2D eigenvalue weighted by Crippen LogP contribution is -2.03. The molecule has 1 aromatic heterocycles. The standard InChI is InChI=1S/C24H38O/c1-24(2,3)19-15-11-9-7-5-4-6-8-10-12-17-22-20-21-16-13-14-18-23(21)25-22/h13-14,16,18,20H,4-12,15,17,19H2,1-3H3. The third-order valence-electron chi connectivity index (χ3n) is 5.08. The van der Waals surface area contributed by atoms with Crippen molar-refractivity contribution in [2.45, 2.75) is 97.8 Å². The minimum Gasteiger partial charge on any atom is -0.461 e. The van der Waals surface area contributed by atoms with E-state index in [0.717, 1.165) is 17.8 Å². The van der Waals surface area contributed by atoms with Crippen molar-refractivity contribution < 1.29 is 4.42 Å². The molecule has 0 aliphatic carbocycles. The van der Waals surface area contributed by atoms with E-state index in [2.05, 4.69) is 45.0 Å². The summed E-state index contributed by atoms with van der Waals surface area (Å²) in [7, 11) is 0. The fourth-order valence-corrected chi connectivity index (χ4v) is 3.53. The van der Waals surface area contributed by atoms with Crippen molar-refractivity contribution in [3.05, 3.63) is 36.1 Å². The van der Waals surface area contributed by atoms with Gasteiger partial charge in [0.1, 0.15) is 11.3 Å². The van der Waals surface area contributed by atoms with E-state index in [9.17, 15) is 0 Å². The molecule has 2 aromatic rings. The van der Waals surface area contributed by atoms with Crippen LogP contribution in [0, 0.1) is 5.41 Å². The molecule has 0 N–H and O–H groups in total. The monoisotopic (exact) mass is 342 g/mol. The molecular formula is C24H38O. The summed E-state index contributed by atoms with van der Waals surface area (Å²) in [6.07, 6.45) is 16.4. The van der Waals surface area contributed by atoms with Gasteiger partial charge in [-0.05, 0) is 30.4 Å². The molecule has 0 spiro atoms. The zero-order valence-electron chi connectivity index (χ0n) is 16.8. The Morgan fingerprint density at radius 3 is 1.88 bits per heavy atom. The maximum atomic E-state index is 5.88. The number of fused-ring (bicyclic) bond motifs is 1. The van der Waals surface area contributed by atoms with Gasteiger partial charge in [-0.3, -0.25) is 0 Å². The van der Waals surface area contributed by atoms with Crippen LogP contribution in [0.25, 0.3) is 11.0 Å². The van der Waals surface area contributed by atoms with E-state index < -0.39 is 0 Å². The minimum absolute atomic E-state index is 0.516. The van der Waals surface area contributed by atoms with Gasteiger partial charge in [0.05, 0.1) is 0 Å². The highest BCUT2D eigenvalue weighted by Gasteiger charge is 2.08. The highest BCUT2D eigenvalue weighted by molar-refractivity contribution is 5.77. The number of para-hydroxylation sites is 1. The largest absolute Gasteiger partial charge is 0.461 e. The molecule has 0 radical (unpaired) electrons. The molecule has 1 nitrogen and oxygen atoms in total. The van der Waals surface area contributed by atoms with Crippen LogP contribution in [0.15, 0.2) is 34.7 Å². The van der Waals surface area contributed by atoms with Crippen molar-refractivity contribution in [2.24, 2.45) is 5.41 Å². The van der Waals surface area contributed by atoms with Crippen LogP contribution in [-0.2, 0) is 6.42 Å². The van der Waals surface area contributed by atoms with E-state index >= 15 is 0 Å². The van der Waals surface area contributed by atoms with Gasteiger partial charge in [-0.1, -0.05) is 96.8 Å². The molecule has 0 bridgehead atoms. The second-order valence-corrected chi connectivity index (χ2v) is 8.85. The Morgan fingerprint density at radius 2 is 1.28 bits per heavy atom. The number of hydrogen-bond acceptors (Lipinski definition) is 1. The van der Waals surface area contributed by atoms with Crippen molar-refractivity contribution >= 4 is 11.0 Å². The van der Waals surface area contributed by atoms with Crippen LogP contribution in [0.3, 0.4) is 0 Å². The van der Waals surface area contributed by atoms with Gasteiger partial charge >= 0.3 is 0 Å². The first kappa shape index (κ1) is 20.1. The average molecular weight is 343 g/mol. The van der Waals surface area contributed by atoms with Gasteiger partial charge in [0, 0.05) is 11.8 Å². The maximum absolute atomic E-state index is 5.88. The van der Waals surface area contributed by atoms with Gasteiger partial charge in [0.2, 0.25) is 0 Å². The van der Waals surface area contributed by atoms with Gasteiger partial charge in [0.25, 0.3) is 0 Å². The summed E-state index contributed by atoms with van der Waals surface area (Å²) in [6, 6.07) is 10.5. The lowest BCUT2D eigenvalue weighted by Gasteiger charge is -2.17. The van der Waals surface area contributed by atoms with Crippen LogP contribution >= 0.6 is 0 Å². The van der Waals surface area contributed by atoms with Crippen LogP contribution in [0.1, 0.15) is 97.2 Å². The quantitative estimate of drug-likeness (QED) is 0.353. The average Bonchev–Trinajstić information content (AvgIpc) is 2.97. The Bertz CT molecular complexity index is 554. The third kappa shape index (κ3) is 8.61. The molecule has 0 fully saturated rings. The molecule has 0 saturated carbocycles. The number of aryl methyl sites for hydroxylation is 1. The van der Waals surface area contributed by atoms with Gasteiger partial charge in [-0.2, -0.15) is 0 Å². The molecule has 1 aromatic carbocycles. The number of rotatable bonds is 12. The number of hydrogen-bond donors (Lipinski definition) is 0. The zero-order valence-corrected chi connectivity index (χ0v) is 16.8. The summed E-state index contributed by atoms with van der Waals surface area (Å²) in [5.74, 6) is 1.15. The predicted octanol–water partition coefficient (Wildman–Crippen LogP) is 8.31. The Morgan fingerprint density at radius 1 is 0.720 bits per heavy atom.